The van der Waals surface area contributed by atoms with Crippen molar-refractivity contribution in [2.45, 2.75) is 65.9 Å². The van der Waals surface area contributed by atoms with Crippen molar-refractivity contribution in [3.8, 4) is 5.75 Å². The van der Waals surface area contributed by atoms with Gasteiger partial charge in [-0.05, 0) is 61.9 Å². The molecule has 3 amide bonds. The third-order valence-electron chi connectivity index (χ3n) is 5.31. The molecule has 0 aliphatic carbocycles. The van der Waals surface area contributed by atoms with Gasteiger partial charge >= 0.3 is 0 Å². The fraction of sp³-hybridized carbons (Fsp3) is 0.400. The molecule has 2 atom stereocenters. The van der Waals surface area contributed by atoms with Crippen molar-refractivity contribution in [1.82, 2.24) is 10.9 Å². The fourth-order valence-electron chi connectivity index (χ4n) is 3.06. The van der Waals surface area contributed by atoms with E-state index in [1.165, 1.54) is 0 Å². The number of benzene rings is 2. The van der Waals surface area contributed by atoms with Gasteiger partial charge in [0.05, 0.1) is 0 Å². The Morgan fingerprint density at radius 1 is 0.938 bits per heavy atom. The number of para-hydroxylation sites is 1. The molecule has 0 aliphatic rings. The number of aryl methyl sites for hydroxylation is 2. The van der Waals surface area contributed by atoms with Crippen molar-refractivity contribution in [1.29, 1.82) is 0 Å². The first kappa shape index (κ1) is 24.9. The number of nitrogens with one attached hydrogen (secondary N) is 3. The minimum Gasteiger partial charge on any atom is -0.481 e. The Balaban J connectivity index is 1.78. The van der Waals surface area contributed by atoms with Crippen LogP contribution in [0.3, 0.4) is 0 Å². The minimum atomic E-state index is -0.798. The van der Waals surface area contributed by atoms with Crippen LogP contribution in [0, 0.1) is 13.8 Å². The van der Waals surface area contributed by atoms with E-state index in [0.717, 1.165) is 28.8 Å². The van der Waals surface area contributed by atoms with E-state index < -0.39 is 17.9 Å². The van der Waals surface area contributed by atoms with Gasteiger partial charge in [-0.3, -0.25) is 25.2 Å². The Hall–Kier alpha value is -3.35. The average Bonchev–Trinajstić information content (AvgIpc) is 2.78. The highest BCUT2D eigenvalue weighted by molar-refractivity contribution is 5.94. The van der Waals surface area contributed by atoms with Crippen LogP contribution >= 0.6 is 0 Å². The summed E-state index contributed by atoms with van der Waals surface area (Å²) in [5.41, 5.74) is 8.45. The summed E-state index contributed by atoms with van der Waals surface area (Å²) in [5.74, 6) is -0.243. The Bertz CT molecular complexity index is 958. The minimum absolute atomic E-state index is 0.00339. The maximum absolute atomic E-state index is 12.3. The lowest BCUT2D eigenvalue weighted by atomic mass is 9.98. The predicted molar refractivity (Wildman–Crippen MR) is 125 cm³/mol. The molecule has 0 saturated heterocycles. The molecule has 2 unspecified atom stereocenters. The van der Waals surface area contributed by atoms with Crippen molar-refractivity contribution in [2.75, 3.05) is 5.32 Å². The molecule has 0 bridgehead atoms. The second-order valence-corrected chi connectivity index (χ2v) is 8.01. The zero-order valence-corrected chi connectivity index (χ0v) is 19.5. The van der Waals surface area contributed by atoms with E-state index >= 15 is 0 Å². The Kier molecular flexibility index (Phi) is 9.25. The zero-order chi connectivity index (χ0) is 23.7. The molecule has 0 radical (unpaired) electrons. The van der Waals surface area contributed by atoms with Gasteiger partial charge in [-0.15, -0.1) is 0 Å². The molecule has 172 valence electrons. The number of ether oxygens (including phenoxy) is 1. The van der Waals surface area contributed by atoms with Gasteiger partial charge in [0.15, 0.2) is 6.10 Å². The molecule has 0 saturated carbocycles. The number of amides is 3. The van der Waals surface area contributed by atoms with Crippen molar-refractivity contribution < 1.29 is 19.1 Å². The number of hydrogen-bond acceptors (Lipinski definition) is 4. The van der Waals surface area contributed by atoms with Crippen LogP contribution in [-0.2, 0) is 14.4 Å². The zero-order valence-electron chi connectivity index (χ0n) is 19.5. The summed E-state index contributed by atoms with van der Waals surface area (Å²) < 4.78 is 5.82. The topological polar surface area (TPSA) is 96.5 Å². The number of hydrazine groups is 1. The maximum atomic E-state index is 12.3. The lowest BCUT2D eigenvalue weighted by Crippen LogP contribution is -2.47. The number of carbonyl (C=O) groups excluding carboxylic acids is 3. The van der Waals surface area contributed by atoms with E-state index in [1.54, 1.807) is 6.92 Å². The van der Waals surface area contributed by atoms with E-state index in [2.05, 4.69) is 30.0 Å². The normalized spacial score (nSPS) is 12.4. The van der Waals surface area contributed by atoms with Crippen molar-refractivity contribution in [3.63, 3.8) is 0 Å². The number of rotatable bonds is 9. The standard InChI is InChI=1S/C25H33N3O4/c1-6-17(3)20-9-7-8-10-22(20)32-19(5)25(31)28-27-24(30)14-13-23(29)26-21-15-16(2)11-12-18(21)4/h7-12,15,17,19H,6,13-14H2,1-5H3,(H,26,29)(H,27,30)(H,28,31). The molecule has 32 heavy (non-hydrogen) atoms. The summed E-state index contributed by atoms with van der Waals surface area (Å²) in [6.07, 6.45) is 0.105. The highest BCUT2D eigenvalue weighted by Gasteiger charge is 2.18. The lowest BCUT2D eigenvalue weighted by Gasteiger charge is -2.19. The predicted octanol–water partition coefficient (Wildman–Crippen LogP) is 4.15. The molecule has 2 rings (SSSR count). The third kappa shape index (κ3) is 7.41. The largest absolute Gasteiger partial charge is 0.481 e. The lowest BCUT2D eigenvalue weighted by molar-refractivity contribution is -0.133. The fourth-order valence-corrected chi connectivity index (χ4v) is 3.06. The molecule has 2 aromatic rings. The molecule has 0 spiro atoms. The van der Waals surface area contributed by atoms with Crippen LogP contribution < -0.4 is 20.9 Å². The average molecular weight is 440 g/mol. The summed E-state index contributed by atoms with van der Waals surface area (Å²) >= 11 is 0. The first-order valence-electron chi connectivity index (χ1n) is 10.9. The Morgan fingerprint density at radius 2 is 1.62 bits per heavy atom. The first-order valence-corrected chi connectivity index (χ1v) is 10.9. The van der Waals surface area contributed by atoms with Gasteiger partial charge in [0, 0.05) is 18.5 Å². The third-order valence-corrected chi connectivity index (χ3v) is 5.31. The summed E-state index contributed by atoms with van der Waals surface area (Å²) in [6, 6.07) is 13.4. The van der Waals surface area contributed by atoms with Crippen LogP contribution in [0.15, 0.2) is 42.5 Å². The Labute approximate surface area is 189 Å². The Morgan fingerprint density at radius 3 is 2.34 bits per heavy atom. The van der Waals surface area contributed by atoms with Crippen molar-refractivity contribution in [2.24, 2.45) is 0 Å². The van der Waals surface area contributed by atoms with Gasteiger partial charge < -0.3 is 10.1 Å². The SMILES string of the molecule is CCC(C)c1ccccc1OC(C)C(=O)NNC(=O)CCC(=O)Nc1cc(C)ccc1C. The van der Waals surface area contributed by atoms with Crippen molar-refractivity contribution in [3.05, 3.63) is 59.2 Å². The summed E-state index contributed by atoms with van der Waals surface area (Å²) in [4.78, 5) is 36.5. The highest BCUT2D eigenvalue weighted by atomic mass is 16.5. The second-order valence-electron chi connectivity index (χ2n) is 8.01. The molecule has 0 aromatic heterocycles. The number of anilines is 1. The summed E-state index contributed by atoms with van der Waals surface area (Å²) in [5, 5.41) is 2.81. The van der Waals surface area contributed by atoms with Crippen LogP contribution in [0.1, 0.15) is 62.6 Å². The van der Waals surface area contributed by atoms with Crippen LogP contribution in [0.25, 0.3) is 0 Å². The monoisotopic (exact) mass is 439 g/mol. The molecular formula is C25H33N3O4. The molecule has 3 N–H and O–H groups in total. The summed E-state index contributed by atoms with van der Waals surface area (Å²) in [7, 11) is 0. The molecular weight excluding hydrogens is 406 g/mol. The van der Waals surface area contributed by atoms with E-state index in [9.17, 15) is 14.4 Å². The first-order chi connectivity index (χ1) is 15.2. The van der Waals surface area contributed by atoms with E-state index in [0.29, 0.717) is 11.7 Å². The summed E-state index contributed by atoms with van der Waals surface area (Å²) in [6.45, 7) is 9.66. The van der Waals surface area contributed by atoms with Crippen LogP contribution in [-0.4, -0.2) is 23.8 Å². The quantitative estimate of drug-likeness (QED) is 0.512. The van der Waals surface area contributed by atoms with E-state index in [1.807, 2.05) is 56.3 Å². The molecule has 2 aromatic carbocycles. The van der Waals surface area contributed by atoms with Crippen molar-refractivity contribution >= 4 is 23.4 Å². The maximum Gasteiger partial charge on any atom is 0.279 e. The molecule has 0 heterocycles. The van der Waals surface area contributed by atoms with Crippen LogP contribution in [0.4, 0.5) is 5.69 Å². The van der Waals surface area contributed by atoms with Gasteiger partial charge in [0.1, 0.15) is 5.75 Å². The van der Waals surface area contributed by atoms with E-state index in [-0.39, 0.29) is 18.7 Å². The smallest absolute Gasteiger partial charge is 0.279 e. The van der Waals surface area contributed by atoms with Crippen LogP contribution in [0.5, 0.6) is 5.75 Å². The molecule has 0 aliphatic heterocycles. The van der Waals surface area contributed by atoms with Gasteiger partial charge in [0.25, 0.3) is 5.91 Å². The number of carbonyl (C=O) groups is 3. The van der Waals surface area contributed by atoms with E-state index in [4.69, 9.17) is 4.74 Å². The molecule has 7 heteroatoms. The number of hydrogen-bond donors (Lipinski definition) is 3. The van der Waals surface area contributed by atoms with Gasteiger partial charge in [-0.1, -0.05) is 44.2 Å². The van der Waals surface area contributed by atoms with Gasteiger partial charge in [-0.25, -0.2) is 0 Å². The second kappa shape index (κ2) is 11.9. The highest BCUT2D eigenvalue weighted by Crippen LogP contribution is 2.29. The van der Waals surface area contributed by atoms with Gasteiger partial charge in [-0.2, -0.15) is 0 Å². The van der Waals surface area contributed by atoms with Gasteiger partial charge in [0.2, 0.25) is 11.8 Å². The van der Waals surface area contributed by atoms with Crippen LogP contribution in [0.2, 0.25) is 0 Å². The molecule has 0 fully saturated rings. The molecule has 7 nitrogen and oxygen atoms in total.